The average Bonchev–Trinajstić information content (AvgIpc) is 3.21. The van der Waals surface area contributed by atoms with Gasteiger partial charge in [0.15, 0.2) is 5.82 Å². The van der Waals surface area contributed by atoms with E-state index in [1.165, 1.54) is 18.4 Å². The molecule has 1 aromatic carbocycles. The van der Waals surface area contributed by atoms with Crippen LogP contribution in [0.15, 0.2) is 36.5 Å². The molecule has 2 fully saturated rings. The van der Waals surface area contributed by atoms with Crippen molar-refractivity contribution in [3.8, 4) is 0 Å². The van der Waals surface area contributed by atoms with Gasteiger partial charge in [0.25, 0.3) is 0 Å². The zero-order valence-corrected chi connectivity index (χ0v) is 17.5. The largest absolute Gasteiger partial charge is 0.380 e. The van der Waals surface area contributed by atoms with Crippen molar-refractivity contribution >= 4 is 5.82 Å². The molecule has 0 radical (unpaired) electrons. The summed E-state index contributed by atoms with van der Waals surface area (Å²) in [5.41, 5.74) is 1.70. The Morgan fingerprint density at radius 3 is 2.29 bits per heavy atom. The Morgan fingerprint density at radius 1 is 1.07 bits per heavy atom. The zero-order chi connectivity index (χ0) is 19.9. The van der Waals surface area contributed by atoms with Crippen LogP contribution in [-0.2, 0) is 5.60 Å². The van der Waals surface area contributed by atoms with Crippen LogP contribution in [0.3, 0.4) is 0 Å². The van der Waals surface area contributed by atoms with Gasteiger partial charge in [-0.15, -0.1) is 5.10 Å². The van der Waals surface area contributed by atoms with Crippen molar-refractivity contribution < 1.29 is 5.11 Å². The third-order valence-corrected chi connectivity index (χ3v) is 6.60. The fourth-order valence-electron chi connectivity index (χ4n) is 5.00. The molecular formula is C23H32N4O. The van der Waals surface area contributed by atoms with Gasteiger partial charge in [0.2, 0.25) is 0 Å². The van der Waals surface area contributed by atoms with E-state index in [1.807, 2.05) is 0 Å². The molecule has 5 heteroatoms. The molecule has 150 valence electrons. The summed E-state index contributed by atoms with van der Waals surface area (Å²) >= 11 is 0. The molecule has 0 amide bonds. The highest BCUT2D eigenvalue weighted by Crippen LogP contribution is 2.50. The standard InChI is InChI=1S/C23H32N4O/c1-17(2)18-7-9-19(10-8-18)23(28,22(3)15-26(4)16-22)20-13-21(25-24-14-20)27-11-5-6-12-27/h7-10,13-14,17,28H,5-6,11-12,15-16H2,1-4H3/t23-/m0/s1. The highest BCUT2D eigenvalue weighted by molar-refractivity contribution is 5.47. The van der Waals surface area contributed by atoms with Crippen LogP contribution < -0.4 is 4.90 Å². The van der Waals surface area contributed by atoms with Crippen LogP contribution >= 0.6 is 0 Å². The van der Waals surface area contributed by atoms with Crippen LogP contribution in [0.4, 0.5) is 5.82 Å². The normalized spacial score (nSPS) is 21.6. The molecule has 1 N–H and O–H groups in total. The number of benzene rings is 1. The molecule has 0 saturated carbocycles. The highest BCUT2D eigenvalue weighted by Gasteiger charge is 2.55. The van der Waals surface area contributed by atoms with Gasteiger partial charge in [0, 0.05) is 37.2 Å². The van der Waals surface area contributed by atoms with E-state index in [0.29, 0.717) is 5.92 Å². The first-order chi connectivity index (χ1) is 13.3. The molecule has 4 rings (SSSR count). The number of likely N-dealkylation sites (tertiary alicyclic amines) is 1. The van der Waals surface area contributed by atoms with Crippen LogP contribution in [-0.4, -0.2) is 53.4 Å². The lowest BCUT2D eigenvalue weighted by Gasteiger charge is -2.55. The Labute approximate surface area is 168 Å². The van der Waals surface area contributed by atoms with Crippen molar-refractivity contribution in [1.29, 1.82) is 0 Å². The van der Waals surface area contributed by atoms with Crippen molar-refractivity contribution in [3.63, 3.8) is 0 Å². The second kappa shape index (κ2) is 7.12. The van der Waals surface area contributed by atoms with Crippen molar-refractivity contribution in [1.82, 2.24) is 15.1 Å². The molecule has 0 spiro atoms. The topological polar surface area (TPSA) is 52.5 Å². The number of hydrogen-bond acceptors (Lipinski definition) is 5. The van der Waals surface area contributed by atoms with Crippen LogP contribution in [0.25, 0.3) is 0 Å². The summed E-state index contributed by atoms with van der Waals surface area (Å²) in [5, 5.41) is 20.9. The summed E-state index contributed by atoms with van der Waals surface area (Å²) < 4.78 is 0. The summed E-state index contributed by atoms with van der Waals surface area (Å²) in [6.45, 7) is 10.3. The maximum Gasteiger partial charge on any atom is 0.151 e. The number of nitrogens with zero attached hydrogens (tertiary/aromatic N) is 4. The van der Waals surface area contributed by atoms with Crippen LogP contribution in [0, 0.1) is 5.41 Å². The summed E-state index contributed by atoms with van der Waals surface area (Å²) in [6.07, 6.45) is 4.13. The lowest BCUT2D eigenvalue weighted by Crippen LogP contribution is -2.63. The van der Waals surface area contributed by atoms with Gasteiger partial charge < -0.3 is 14.9 Å². The molecule has 3 heterocycles. The Hall–Kier alpha value is -1.98. The van der Waals surface area contributed by atoms with E-state index in [2.05, 4.69) is 78.1 Å². The van der Waals surface area contributed by atoms with Crippen LogP contribution in [0.1, 0.15) is 56.2 Å². The van der Waals surface area contributed by atoms with Gasteiger partial charge in [-0.1, -0.05) is 45.0 Å². The number of aliphatic hydroxyl groups is 1. The van der Waals surface area contributed by atoms with Gasteiger partial charge in [-0.05, 0) is 43.0 Å². The number of rotatable bonds is 5. The first-order valence-corrected chi connectivity index (χ1v) is 10.4. The predicted molar refractivity (Wildman–Crippen MR) is 113 cm³/mol. The zero-order valence-electron chi connectivity index (χ0n) is 17.5. The van der Waals surface area contributed by atoms with E-state index in [9.17, 15) is 5.11 Å². The molecule has 28 heavy (non-hydrogen) atoms. The SMILES string of the molecule is CC(C)c1ccc([C@](O)(c2cnnc(N3CCCC3)c2)C2(C)CN(C)C2)cc1. The van der Waals surface area contributed by atoms with Gasteiger partial charge in [-0.2, -0.15) is 5.10 Å². The van der Waals surface area contributed by atoms with E-state index in [0.717, 1.165) is 43.1 Å². The molecule has 2 aliphatic rings. The average molecular weight is 381 g/mol. The molecule has 1 aromatic heterocycles. The van der Waals surface area contributed by atoms with Crippen molar-refractivity contribution in [2.75, 3.05) is 38.1 Å². The Morgan fingerprint density at radius 2 is 1.71 bits per heavy atom. The molecule has 2 saturated heterocycles. The van der Waals surface area contributed by atoms with Crippen molar-refractivity contribution in [3.05, 3.63) is 53.2 Å². The third kappa shape index (κ3) is 3.11. The maximum atomic E-state index is 12.2. The first kappa shape index (κ1) is 19.3. The second-order valence-corrected chi connectivity index (χ2v) is 9.22. The molecular weight excluding hydrogens is 348 g/mol. The molecule has 1 atom stereocenters. The fraction of sp³-hybridized carbons (Fsp3) is 0.565. The summed E-state index contributed by atoms with van der Waals surface area (Å²) in [4.78, 5) is 4.53. The fourth-order valence-corrected chi connectivity index (χ4v) is 5.00. The molecule has 2 aliphatic heterocycles. The number of aromatic nitrogens is 2. The van der Waals surface area contributed by atoms with Crippen molar-refractivity contribution in [2.24, 2.45) is 5.41 Å². The minimum Gasteiger partial charge on any atom is -0.380 e. The molecule has 2 aromatic rings. The molecule has 0 bridgehead atoms. The smallest absolute Gasteiger partial charge is 0.151 e. The third-order valence-electron chi connectivity index (χ3n) is 6.60. The predicted octanol–water partition coefficient (Wildman–Crippen LogP) is 3.39. The van der Waals surface area contributed by atoms with Gasteiger partial charge >= 0.3 is 0 Å². The minimum atomic E-state index is -1.10. The number of hydrogen-bond donors (Lipinski definition) is 1. The Bertz CT molecular complexity index is 823. The monoisotopic (exact) mass is 380 g/mol. The molecule has 0 unspecified atom stereocenters. The first-order valence-electron chi connectivity index (χ1n) is 10.4. The Kier molecular flexibility index (Phi) is 4.92. The number of anilines is 1. The van der Waals surface area contributed by atoms with Gasteiger partial charge in [0.1, 0.15) is 5.60 Å². The van der Waals surface area contributed by atoms with E-state index < -0.39 is 5.60 Å². The van der Waals surface area contributed by atoms with Crippen molar-refractivity contribution in [2.45, 2.75) is 45.1 Å². The van der Waals surface area contributed by atoms with E-state index in [1.54, 1.807) is 6.20 Å². The lowest BCUT2D eigenvalue weighted by atomic mass is 9.62. The maximum absolute atomic E-state index is 12.2. The summed E-state index contributed by atoms with van der Waals surface area (Å²) in [6, 6.07) is 10.5. The van der Waals surface area contributed by atoms with Crippen LogP contribution in [0.5, 0.6) is 0 Å². The van der Waals surface area contributed by atoms with E-state index in [-0.39, 0.29) is 5.41 Å². The highest BCUT2D eigenvalue weighted by atomic mass is 16.3. The molecule has 0 aliphatic carbocycles. The lowest BCUT2D eigenvalue weighted by molar-refractivity contribution is -0.127. The van der Waals surface area contributed by atoms with E-state index in [4.69, 9.17) is 0 Å². The van der Waals surface area contributed by atoms with Crippen LogP contribution in [0.2, 0.25) is 0 Å². The van der Waals surface area contributed by atoms with Gasteiger partial charge in [-0.25, -0.2) is 0 Å². The summed E-state index contributed by atoms with van der Waals surface area (Å²) in [7, 11) is 2.10. The summed E-state index contributed by atoms with van der Waals surface area (Å²) in [5.74, 6) is 1.35. The minimum absolute atomic E-state index is 0.271. The van der Waals surface area contributed by atoms with Gasteiger partial charge in [0.05, 0.1) is 6.20 Å². The Balaban J connectivity index is 1.79. The molecule has 5 nitrogen and oxygen atoms in total. The van der Waals surface area contributed by atoms with Gasteiger partial charge in [-0.3, -0.25) is 0 Å². The van der Waals surface area contributed by atoms with E-state index >= 15 is 0 Å². The second-order valence-electron chi connectivity index (χ2n) is 9.22. The quantitative estimate of drug-likeness (QED) is 0.862.